The standard InChI is InChI=1S/C18H23N5O3/c1-26-14-10-21-18(22-11-14)23-15-7-13(4-5-16(15)24)17(25)20-9-12-3-2-6-19-8-12/h2-3,6,8,10-11,13,15-16,24H,4-5,7,9H2,1H3,(H,20,25)(H,21,22,23). The van der Waals surface area contributed by atoms with Gasteiger partial charge in [0, 0.05) is 24.9 Å². The summed E-state index contributed by atoms with van der Waals surface area (Å²) in [7, 11) is 1.55. The molecule has 1 saturated carbocycles. The lowest BCUT2D eigenvalue weighted by Gasteiger charge is -2.33. The summed E-state index contributed by atoms with van der Waals surface area (Å²) in [5.41, 5.74) is 0.956. The molecule has 3 unspecified atom stereocenters. The van der Waals surface area contributed by atoms with Crippen LogP contribution in [0.1, 0.15) is 24.8 Å². The summed E-state index contributed by atoms with van der Waals surface area (Å²) in [6.07, 6.45) is 7.74. The number of nitrogens with zero attached hydrogens (tertiary/aromatic N) is 3. The number of pyridine rings is 1. The van der Waals surface area contributed by atoms with Crippen LogP contribution >= 0.6 is 0 Å². The van der Waals surface area contributed by atoms with Gasteiger partial charge in [0.05, 0.1) is 31.6 Å². The topological polar surface area (TPSA) is 109 Å². The zero-order chi connectivity index (χ0) is 18.4. The molecule has 3 rings (SSSR count). The maximum atomic E-state index is 12.5. The zero-order valence-corrected chi connectivity index (χ0v) is 14.6. The van der Waals surface area contributed by atoms with Crippen molar-refractivity contribution in [3.63, 3.8) is 0 Å². The van der Waals surface area contributed by atoms with E-state index in [1.165, 1.54) is 0 Å². The Hall–Kier alpha value is -2.74. The number of nitrogens with one attached hydrogen (secondary N) is 2. The van der Waals surface area contributed by atoms with E-state index < -0.39 is 6.10 Å². The monoisotopic (exact) mass is 357 g/mol. The number of rotatable bonds is 6. The zero-order valence-electron chi connectivity index (χ0n) is 14.6. The predicted molar refractivity (Wildman–Crippen MR) is 95.4 cm³/mol. The first-order valence-corrected chi connectivity index (χ1v) is 8.63. The second-order valence-electron chi connectivity index (χ2n) is 6.35. The fourth-order valence-electron chi connectivity index (χ4n) is 3.05. The van der Waals surface area contributed by atoms with E-state index in [-0.39, 0.29) is 17.9 Å². The molecule has 0 aromatic carbocycles. The summed E-state index contributed by atoms with van der Waals surface area (Å²) < 4.78 is 5.03. The maximum Gasteiger partial charge on any atom is 0.223 e. The molecular weight excluding hydrogens is 334 g/mol. The summed E-state index contributed by atoms with van der Waals surface area (Å²) in [4.78, 5) is 24.8. The number of methoxy groups -OCH3 is 1. The highest BCUT2D eigenvalue weighted by Crippen LogP contribution is 2.27. The molecule has 1 amide bonds. The average Bonchev–Trinajstić information content (AvgIpc) is 2.69. The van der Waals surface area contributed by atoms with Crippen molar-refractivity contribution in [1.82, 2.24) is 20.3 Å². The molecule has 1 aliphatic rings. The van der Waals surface area contributed by atoms with Crippen LogP contribution in [0.25, 0.3) is 0 Å². The van der Waals surface area contributed by atoms with Crippen LogP contribution in [0.15, 0.2) is 36.9 Å². The Morgan fingerprint density at radius 2 is 2.12 bits per heavy atom. The Morgan fingerprint density at radius 3 is 2.81 bits per heavy atom. The van der Waals surface area contributed by atoms with Crippen molar-refractivity contribution in [2.75, 3.05) is 12.4 Å². The first-order valence-electron chi connectivity index (χ1n) is 8.63. The van der Waals surface area contributed by atoms with Gasteiger partial charge in [0.1, 0.15) is 0 Å². The number of aromatic nitrogens is 3. The van der Waals surface area contributed by atoms with Gasteiger partial charge in [-0.1, -0.05) is 6.07 Å². The van der Waals surface area contributed by atoms with Crippen LogP contribution in [-0.4, -0.2) is 45.2 Å². The van der Waals surface area contributed by atoms with Gasteiger partial charge in [0.15, 0.2) is 5.75 Å². The minimum absolute atomic E-state index is 0.0109. The Balaban J connectivity index is 1.55. The fraction of sp³-hybridized carbons (Fsp3) is 0.444. The highest BCUT2D eigenvalue weighted by Gasteiger charge is 2.33. The number of aliphatic hydroxyl groups excluding tert-OH is 1. The third kappa shape index (κ3) is 4.66. The van der Waals surface area contributed by atoms with E-state index in [9.17, 15) is 9.90 Å². The number of carbonyl (C=O) groups is 1. The summed E-state index contributed by atoms with van der Waals surface area (Å²) in [5, 5.41) is 16.3. The van der Waals surface area contributed by atoms with Crippen LogP contribution in [0.2, 0.25) is 0 Å². The molecule has 1 fully saturated rings. The van der Waals surface area contributed by atoms with Crippen molar-refractivity contribution < 1.29 is 14.6 Å². The lowest BCUT2D eigenvalue weighted by molar-refractivity contribution is -0.126. The molecule has 8 nitrogen and oxygen atoms in total. The van der Waals surface area contributed by atoms with Crippen LogP contribution in [-0.2, 0) is 11.3 Å². The highest BCUT2D eigenvalue weighted by atomic mass is 16.5. The van der Waals surface area contributed by atoms with Crippen LogP contribution in [0.4, 0.5) is 5.95 Å². The quantitative estimate of drug-likeness (QED) is 0.711. The van der Waals surface area contributed by atoms with Crippen molar-refractivity contribution in [3.8, 4) is 5.75 Å². The van der Waals surface area contributed by atoms with Gasteiger partial charge in [-0.3, -0.25) is 9.78 Å². The normalized spacial score (nSPS) is 22.5. The Bertz CT molecular complexity index is 711. The van der Waals surface area contributed by atoms with E-state index in [0.717, 1.165) is 5.56 Å². The number of ether oxygens (including phenoxy) is 1. The summed E-state index contributed by atoms with van der Waals surface area (Å²) in [6.45, 7) is 0.450. The Morgan fingerprint density at radius 1 is 1.31 bits per heavy atom. The number of carbonyl (C=O) groups excluding carboxylic acids is 1. The van der Waals surface area contributed by atoms with Gasteiger partial charge >= 0.3 is 0 Å². The molecule has 0 aliphatic heterocycles. The van der Waals surface area contributed by atoms with Crippen molar-refractivity contribution in [2.24, 2.45) is 5.92 Å². The first kappa shape index (κ1) is 18.1. The number of anilines is 1. The van der Waals surface area contributed by atoms with Gasteiger partial charge in [-0.15, -0.1) is 0 Å². The van der Waals surface area contributed by atoms with E-state index >= 15 is 0 Å². The molecule has 8 heteroatoms. The van der Waals surface area contributed by atoms with E-state index in [4.69, 9.17) is 4.74 Å². The maximum absolute atomic E-state index is 12.5. The van der Waals surface area contributed by atoms with Gasteiger partial charge in [0.25, 0.3) is 0 Å². The first-order chi connectivity index (χ1) is 12.7. The smallest absolute Gasteiger partial charge is 0.223 e. The second-order valence-corrected chi connectivity index (χ2v) is 6.35. The molecule has 2 aromatic heterocycles. The van der Waals surface area contributed by atoms with Crippen LogP contribution in [0.3, 0.4) is 0 Å². The number of amides is 1. The SMILES string of the molecule is COc1cnc(NC2CC(C(=O)NCc3cccnc3)CCC2O)nc1. The molecule has 0 bridgehead atoms. The minimum atomic E-state index is -0.539. The van der Waals surface area contributed by atoms with Gasteiger partial charge in [0.2, 0.25) is 11.9 Å². The Labute approximate surface area is 152 Å². The largest absolute Gasteiger partial charge is 0.494 e. The second kappa shape index (κ2) is 8.57. The van der Waals surface area contributed by atoms with Crippen molar-refractivity contribution in [1.29, 1.82) is 0 Å². The van der Waals surface area contributed by atoms with Crippen molar-refractivity contribution in [3.05, 3.63) is 42.5 Å². The summed E-state index contributed by atoms with van der Waals surface area (Å²) in [6, 6.07) is 3.49. The molecule has 0 saturated heterocycles. The Kier molecular flexibility index (Phi) is 5.96. The molecule has 0 radical (unpaired) electrons. The molecule has 138 valence electrons. The van der Waals surface area contributed by atoms with Crippen molar-refractivity contribution in [2.45, 2.75) is 38.0 Å². The third-order valence-corrected chi connectivity index (χ3v) is 4.55. The minimum Gasteiger partial charge on any atom is -0.494 e. The number of hydrogen-bond donors (Lipinski definition) is 3. The molecule has 3 N–H and O–H groups in total. The van der Waals surface area contributed by atoms with E-state index in [1.807, 2.05) is 12.1 Å². The van der Waals surface area contributed by atoms with Gasteiger partial charge < -0.3 is 20.5 Å². The average molecular weight is 357 g/mol. The van der Waals surface area contributed by atoms with Crippen molar-refractivity contribution >= 4 is 11.9 Å². The van der Waals surface area contributed by atoms with Gasteiger partial charge in [-0.05, 0) is 30.9 Å². The molecule has 0 spiro atoms. The third-order valence-electron chi connectivity index (χ3n) is 4.55. The van der Waals surface area contributed by atoms with E-state index in [2.05, 4.69) is 25.6 Å². The number of hydrogen-bond acceptors (Lipinski definition) is 7. The molecule has 1 aliphatic carbocycles. The van der Waals surface area contributed by atoms with Gasteiger partial charge in [-0.25, -0.2) is 9.97 Å². The lowest BCUT2D eigenvalue weighted by Crippen LogP contribution is -2.44. The predicted octanol–water partition coefficient (Wildman–Crippen LogP) is 1.14. The lowest BCUT2D eigenvalue weighted by atomic mass is 9.83. The van der Waals surface area contributed by atoms with E-state index in [0.29, 0.717) is 37.5 Å². The molecule has 2 aromatic rings. The van der Waals surface area contributed by atoms with E-state index in [1.54, 1.807) is 31.9 Å². The van der Waals surface area contributed by atoms with Crippen LogP contribution < -0.4 is 15.4 Å². The molecule has 26 heavy (non-hydrogen) atoms. The molecule has 3 atom stereocenters. The summed E-state index contributed by atoms with van der Waals surface area (Å²) >= 11 is 0. The number of aliphatic hydroxyl groups is 1. The molecule has 2 heterocycles. The van der Waals surface area contributed by atoms with Crippen LogP contribution in [0, 0.1) is 5.92 Å². The summed E-state index contributed by atoms with van der Waals surface area (Å²) in [5.74, 6) is 0.799. The van der Waals surface area contributed by atoms with Gasteiger partial charge in [-0.2, -0.15) is 0 Å². The fourth-order valence-corrected chi connectivity index (χ4v) is 3.05. The molecular formula is C18H23N5O3. The van der Waals surface area contributed by atoms with Crippen LogP contribution in [0.5, 0.6) is 5.75 Å². The highest BCUT2D eigenvalue weighted by molar-refractivity contribution is 5.78.